The van der Waals surface area contributed by atoms with Crippen molar-refractivity contribution in [2.45, 2.75) is 32.1 Å². The summed E-state index contributed by atoms with van der Waals surface area (Å²) < 4.78 is 0. The van der Waals surface area contributed by atoms with Crippen LogP contribution in [-0.4, -0.2) is 5.78 Å². The van der Waals surface area contributed by atoms with Crippen LogP contribution < -0.4 is 0 Å². The van der Waals surface area contributed by atoms with Gasteiger partial charge in [0.25, 0.3) is 0 Å². The molecule has 0 aliphatic heterocycles. The van der Waals surface area contributed by atoms with E-state index in [-0.39, 0.29) is 0 Å². The third-order valence-electron chi connectivity index (χ3n) is 3.27. The molecular weight excluding hydrogens is 148 g/mol. The van der Waals surface area contributed by atoms with E-state index in [4.69, 9.17) is 0 Å². The summed E-state index contributed by atoms with van der Waals surface area (Å²) in [5, 5.41) is 0. The van der Waals surface area contributed by atoms with Gasteiger partial charge in [-0.25, -0.2) is 0 Å². The molecule has 0 saturated heterocycles. The molecule has 0 spiro atoms. The molecule has 2 aliphatic carbocycles. The summed E-state index contributed by atoms with van der Waals surface area (Å²) in [6.07, 6.45) is 7.65. The SMILES string of the molecule is C=CC[C@@H]1CCC[C@H]2C[C@H]2C1=O. The van der Waals surface area contributed by atoms with Crippen LogP contribution in [0.25, 0.3) is 0 Å². The van der Waals surface area contributed by atoms with Crippen LogP contribution in [0.1, 0.15) is 32.1 Å². The van der Waals surface area contributed by atoms with Crippen LogP contribution in [0.4, 0.5) is 0 Å². The molecule has 2 saturated carbocycles. The van der Waals surface area contributed by atoms with E-state index in [0.29, 0.717) is 17.6 Å². The van der Waals surface area contributed by atoms with Crippen LogP contribution >= 0.6 is 0 Å². The monoisotopic (exact) mass is 164 g/mol. The van der Waals surface area contributed by atoms with Crippen molar-refractivity contribution in [3.63, 3.8) is 0 Å². The zero-order chi connectivity index (χ0) is 8.55. The van der Waals surface area contributed by atoms with Crippen LogP contribution in [0.3, 0.4) is 0 Å². The van der Waals surface area contributed by atoms with Crippen molar-refractivity contribution in [2.24, 2.45) is 17.8 Å². The first-order chi connectivity index (χ1) is 5.83. The number of carbonyl (C=O) groups is 1. The Kier molecular flexibility index (Phi) is 2.03. The van der Waals surface area contributed by atoms with Gasteiger partial charge in [-0.2, -0.15) is 0 Å². The first-order valence-corrected chi connectivity index (χ1v) is 4.97. The van der Waals surface area contributed by atoms with Gasteiger partial charge in [0.15, 0.2) is 0 Å². The summed E-state index contributed by atoms with van der Waals surface area (Å²) in [7, 11) is 0. The molecule has 2 fully saturated rings. The predicted molar refractivity (Wildman–Crippen MR) is 48.8 cm³/mol. The lowest BCUT2D eigenvalue weighted by Gasteiger charge is -2.10. The van der Waals surface area contributed by atoms with Gasteiger partial charge in [-0.3, -0.25) is 4.79 Å². The normalized spacial score (nSPS) is 40.0. The molecule has 0 aromatic heterocycles. The van der Waals surface area contributed by atoms with Gasteiger partial charge in [0.2, 0.25) is 0 Å². The number of carbonyl (C=O) groups excluding carboxylic acids is 1. The highest BCUT2D eigenvalue weighted by molar-refractivity contribution is 5.86. The fraction of sp³-hybridized carbons (Fsp3) is 0.727. The zero-order valence-electron chi connectivity index (χ0n) is 7.46. The second-order valence-electron chi connectivity index (χ2n) is 4.16. The lowest BCUT2D eigenvalue weighted by Crippen LogP contribution is -2.14. The van der Waals surface area contributed by atoms with Crippen molar-refractivity contribution in [1.29, 1.82) is 0 Å². The molecule has 1 nitrogen and oxygen atoms in total. The Labute approximate surface area is 73.8 Å². The lowest BCUT2D eigenvalue weighted by atomic mass is 9.94. The Bertz CT molecular complexity index is 207. The minimum Gasteiger partial charge on any atom is -0.299 e. The van der Waals surface area contributed by atoms with Crippen molar-refractivity contribution in [1.82, 2.24) is 0 Å². The average Bonchev–Trinajstić information content (AvgIpc) is 2.80. The molecule has 0 N–H and O–H groups in total. The number of fused-ring (bicyclic) bond motifs is 1. The summed E-state index contributed by atoms with van der Waals surface area (Å²) in [5.74, 6) is 2.09. The predicted octanol–water partition coefficient (Wildman–Crippen LogP) is 2.57. The molecule has 0 heterocycles. The van der Waals surface area contributed by atoms with Gasteiger partial charge in [-0.1, -0.05) is 12.5 Å². The highest BCUT2D eigenvalue weighted by Gasteiger charge is 2.45. The number of rotatable bonds is 2. The van der Waals surface area contributed by atoms with Gasteiger partial charge in [-0.15, -0.1) is 6.58 Å². The molecule has 3 atom stereocenters. The van der Waals surface area contributed by atoms with E-state index in [1.54, 1.807) is 0 Å². The van der Waals surface area contributed by atoms with Crippen LogP contribution in [0.2, 0.25) is 0 Å². The molecule has 2 aliphatic rings. The first-order valence-electron chi connectivity index (χ1n) is 4.97. The number of hydrogen-bond acceptors (Lipinski definition) is 1. The summed E-state index contributed by atoms with van der Waals surface area (Å²) in [5.41, 5.74) is 0. The minimum absolute atomic E-state index is 0.319. The van der Waals surface area contributed by atoms with E-state index in [0.717, 1.165) is 18.8 Å². The quantitative estimate of drug-likeness (QED) is 0.573. The highest BCUT2D eigenvalue weighted by atomic mass is 16.1. The molecule has 0 bridgehead atoms. The van der Waals surface area contributed by atoms with E-state index in [1.165, 1.54) is 19.3 Å². The third kappa shape index (κ3) is 1.33. The van der Waals surface area contributed by atoms with Crippen molar-refractivity contribution >= 4 is 5.78 Å². The Balaban J connectivity index is 2.02. The van der Waals surface area contributed by atoms with E-state index >= 15 is 0 Å². The smallest absolute Gasteiger partial charge is 0.139 e. The molecule has 12 heavy (non-hydrogen) atoms. The van der Waals surface area contributed by atoms with E-state index in [2.05, 4.69) is 6.58 Å². The molecule has 2 rings (SSSR count). The lowest BCUT2D eigenvalue weighted by molar-refractivity contribution is -0.124. The second-order valence-corrected chi connectivity index (χ2v) is 4.16. The largest absolute Gasteiger partial charge is 0.299 e. The summed E-state index contributed by atoms with van der Waals surface area (Å²) >= 11 is 0. The fourth-order valence-corrected chi connectivity index (χ4v) is 2.42. The van der Waals surface area contributed by atoms with E-state index in [1.807, 2.05) is 6.08 Å². The summed E-state index contributed by atoms with van der Waals surface area (Å²) in [6, 6.07) is 0. The zero-order valence-corrected chi connectivity index (χ0v) is 7.46. The van der Waals surface area contributed by atoms with Crippen molar-refractivity contribution < 1.29 is 4.79 Å². The van der Waals surface area contributed by atoms with Gasteiger partial charge in [-0.05, 0) is 31.6 Å². The van der Waals surface area contributed by atoms with Gasteiger partial charge < -0.3 is 0 Å². The van der Waals surface area contributed by atoms with Gasteiger partial charge >= 0.3 is 0 Å². The third-order valence-corrected chi connectivity index (χ3v) is 3.27. The maximum Gasteiger partial charge on any atom is 0.139 e. The molecule has 0 amide bonds. The molecule has 1 heteroatoms. The summed E-state index contributed by atoms with van der Waals surface area (Å²) in [6.45, 7) is 3.71. The standard InChI is InChI=1S/C11H16O/c1-2-4-8-5-3-6-9-7-10(9)11(8)12/h2,8-10H,1,3-7H2/t8-,9+,10-/m1/s1. The average molecular weight is 164 g/mol. The van der Waals surface area contributed by atoms with Crippen molar-refractivity contribution in [3.05, 3.63) is 12.7 Å². The molecule has 0 aromatic rings. The second kappa shape index (κ2) is 3.04. The maximum atomic E-state index is 11.7. The van der Waals surface area contributed by atoms with Crippen molar-refractivity contribution in [2.75, 3.05) is 0 Å². The van der Waals surface area contributed by atoms with Crippen molar-refractivity contribution in [3.8, 4) is 0 Å². The van der Waals surface area contributed by atoms with E-state index in [9.17, 15) is 4.79 Å². The van der Waals surface area contributed by atoms with Crippen LogP contribution in [-0.2, 0) is 4.79 Å². The van der Waals surface area contributed by atoms with Crippen LogP contribution in [0.5, 0.6) is 0 Å². The molecule has 66 valence electrons. The molecule has 0 radical (unpaired) electrons. The minimum atomic E-state index is 0.319. The number of hydrogen-bond donors (Lipinski definition) is 0. The van der Waals surface area contributed by atoms with Gasteiger partial charge in [0.05, 0.1) is 0 Å². The summed E-state index contributed by atoms with van der Waals surface area (Å²) in [4.78, 5) is 11.7. The Hall–Kier alpha value is -0.590. The number of ketones is 1. The topological polar surface area (TPSA) is 17.1 Å². The van der Waals surface area contributed by atoms with Crippen LogP contribution in [0.15, 0.2) is 12.7 Å². The molecular formula is C11H16O. The van der Waals surface area contributed by atoms with Gasteiger partial charge in [0, 0.05) is 11.8 Å². The Morgan fingerprint density at radius 1 is 1.50 bits per heavy atom. The Morgan fingerprint density at radius 3 is 3.08 bits per heavy atom. The van der Waals surface area contributed by atoms with E-state index < -0.39 is 0 Å². The van der Waals surface area contributed by atoms with Crippen LogP contribution in [0, 0.1) is 17.8 Å². The number of Topliss-reactive ketones (excluding diaryl/α,β-unsaturated/α-hetero) is 1. The Morgan fingerprint density at radius 2 is 2.33 bits per heavy atom. The maximum absolute atomic E-state index is 11.7. The molecule has 0 unspecified atom stereocenters. The number of allylic oxidation sites excluding steroid dienone is 1. The first kappa shape index (κ1) is 8.03. The fourth-order valence-electron chi connectivity index (χ4n) is 2.42. The van der Waals surface area contributed by atoms with Gasteiger partial charge in [0.1, 0.15) is 5.78 Å². The molecule has 0 aromatic carbocycles. The highest BCUT2D eigenvalue weighted by Crippen LogP contribution is 2.48.